The summed E-state index contributed by atoms with van der Waals surface area (Å²) in [6.45, 7) is -0.0634. The Kier molecular flexibility index (Phi) is 4.42. The molecule has 0 amide bonds. The minimum absolute atomic E-state index is 0.0634. The Morgan fingerprint density at radius 1 is 1.56 bits per heavy atom. The van der Waals surface area contributed by atoms with Crippen molar-refractivity contribution < 1.29 is 13.9 Å². The number of halogens is 1. The molecule has 1 rings (SSSR count). The van der Waals surface area contributed by atoms with Crippen molar-refractivity contribution in [2.75, 3.05) is 13.7 Å². The minimum Gasteiger partial charge on any atom is -0.468 e. The molecule has 1 aromatic rings. The van der Waals surface area contributed by atoms with Crippen LogP contribution in [-0.2, 0) is 9.53 Å². The molecule has 1 unspecified atom stereocenters. The van der Waals surface area contributed by atoms with Gasteiger partial charge in [0, 0.05) is 0 Å². The van der Waals surface area contributed by atoms with Gasteiger partial charge in [-0.3, -0.25) is 10.1 Å². The van der Waals surface area contributed by atoms with Gasteiger partial charge in [0.2, 0.25) is 0 Å². The standard InChI is InChI=1S/C11H11FN2O2/c1-16-11(15)7-14-10(6-13)8-2-4-9(12)5-3-8/h2-5,10,14H,7H2,1H3. The molecule has 0 aromatic heterocycles. The number of carbonyl (C=O) groups is 1. The predicted octanol–water partition coefficient (Wildman–Crippen LogP) is 1.15. The van der Waals surface area contributed by atoms with E-state index in [1.165, 1.54) is 31.4 Å². The first kappa shape index (κ1) is 12.1. The Labute approximate surface area is 92.6 Å². The molecule has 1 N–H and O–H groups in total. The van der Waals surface area contributed by atoms with Gasteiger partial charge < -0.3 is 4.74 Å². The normalized spacial score (nSPS) is 11.6. The summed E-state index contributed by atoms with van der Waals surface area (Å²) in [6.07, 6.45) is 0. The van der Waals surface area contributed by atoms with Gasteiger partial charge in [0.05, 0.1) is 19.7 Å². The Balaban J connectivity index is 2.65. The van der Waals surface area contributed by atoms with Gasteiger partial charge >= 0.3 is 5.97 Å². The molecule has 0 aliphatic rings. The van der Waals surface area contributed by atoms with E-state index < -0.39 is 12.0 Å². The van der Waals surface area contributed by atoms with Crippen molar-refractivity contribution in [2.24, 2.45) is 0 Å². The molecular formula is C11H11FN2O2. The third kappa shape index (κ3) is 3.33. The number of ether oxygens (including phenoxy) is 1. The van der Waals surface area contributed by atoms with Crippen LogP contribution in [0.15, 0.2) is 24.3 Å². The van der Waals surface area contributed by atoms with Crippen LogP contribution in [0.4, 0.5) is 4.39 Å². The molecule has 0 bridgehead atoms. The molecule has 5 heteroatoms. The molecule has 0 saturated heterocycles. The van der Waals surface area contributed by atoms with Crippen LogP contribution in [0.25, 0.3) is 0 Å². The van der Waals surface area contributed by atoms with Crippen LogP contribution in [0.3, 0.4) is 0 Å². The smallest absolute Gasteiger partial charge is 0.319 e. The number of carbonyl (C=O) groups excluding carboxylic acids is 1. The Bertz CT molecular complexity index is 397. The number of methoxy groups -OCH3 is 1. The second-order valence-corrected chi connectivity index (χ2v) is 3.07. The van der Waals surface area contributed by atoms with Crippen LogP contribution in [0.2, 0.25) is 0 Å². The number of nitrogens with one attached hydrogen (secondary N) is 1. The van der Waals surface area contributed by atoms with E-state index in [1.54, 1.807) is 0 Å². The van der Waals surface area contributed by atoms with Crippen molar-refractivity contribution in [3.05, 3.63) is 35.6 Å². The highest BCUT2D eigenvalue weighted by Gasteiger charge is 2.11. The summed E-state index contributed by atoms with van der Waals surface area (Å²) in [5, 5.41) is 11.6. The summed E-state index contributed by atoms with van der Waals surface area (Å²) in [5.41, 5.74) is 0.604. The van der Waals surface area contributed by atoms with E-state index in [0.29, 0.717) is 5.56 Å². The van der Waals surface area contributed by atoms with E-state index in [2.05, 4.69) is 10.1 Å². The van der Waals surface area contributed by atoms with Crippen LogP contribution < -0.4 is 5.32 Å². The average molecular weight is 222 g/mol. The maximum atomic E-state index is 12.6. The quantitative estimate of drug-likeness (QED) is 0.776. The summed E-state index contributed by atoms with van der Waals surface area (Å²) in [4.78, 5) is 10.9. The number of nitrogens with zero attached hydrogens (tertiary/aromatic N) is 1. The zero-order chi connectivity index (χ0) is 12.0. The molecular weight excluding hydrogens is 211 g/mol. The zero-order valence-electron chi connectivity index (χ0n) is 8.74. The van der Waals surface area contributed by atoms with Gasteiger partial charge in [-0.25, -0.2) is 4.39 Å². The molecule has 84 valence electrons. The second kappa shape index (κ2) is 5.83. The summed E-state index contributed by atoms with van der Waals surface area (Å²) in [7, 11) is 1.27. The molecule has 16 heavy (non-hydrogen) atoms. The van der Waals surface area contributed by atoms with Crippen molar-refractivity contribution in [3.63, 3.8) is 0 Å². The Morgan fingerprint density at radius 2 is 2.19 bits per heavy atom. The number of benzene rings is 1. The highest BCUT2D eigenvalue weighted by Crippen LogP contribution is 2.12. The van der Waals surface area contributed by atoms with Crippen LogP contribution in [-0.4, -0.2) is 19.6 Å². The Hall–Kier alpha value is -1.93. The fourth-order valence-corrected chi connectivity index (χ4v) is 1.15. The number of rotatable bonds is 4. The maximum Gasteiger partial charge on any atom is 0.319 e. The number of nitriles is 1. The third-order valence-electron chi connectivity index (χ3n) is 2.01. The van der Waals surface area contributed by atoms with Gasteiger partial charge in [0.25, 0.3) is 0 Å². The van der Waals surface area contributed by atoms with Gasteiger partial charge in [-0.05, 0) is 17.7 Å². The van der Waals surface area contributed by atoms with Gasteiger partial charge in [-0.15, -0.1) is 0 Å². The highest BCUT2D eigenvalue weighted by atomic mass is 19.1. The van der Waals surface area contributed by atoms with E-state index in [1.807, 2.05) is 6.07 Å². The summed E-state index contributed by atoms with van der Waals surface area (Å²) < 4.78 is 17.1. The average Bonchev–Trinajstić information content (AvgIpc) is 2.31. The third-order valence-corrected chi connectivity index (χ3v) is 2.01. The molecule has 0 aliphatic carbocycles. The second-order valence-electron chi connectivity index (χ2n) is 3.07. The molecule has 0 spiro atoms. The topological polar surface area (TPSA) is 62.1 Å². The number of esters is 1. The summed E-state index contributed by atoms with van der Waals surface area (Å²) >= 11 is 0. The molecule has 4 nitrogen and oxygen atoms in total. The highest BCUT2D eigenvalue weighted by molar-refractivity contribution is 5.71. The fourth-order valence-electron chi connectivity index (χ4n) is 1.15. The molecule has 0 fully saturated rings. The van der Waals surface area contributed by atoms with Gasteiger partial charge in [-0.1, -0.05) is 12.1 Å². The van der Waals surface area contributed by atoms with Crippen molar-refractivity contribution in [3.8, 4) is 6.07 Å². The number of hydrogen-bond donors (Lipinski definition) is 1. The molecule has 0 saturated carbocycles. The van der Waals surface area contributed by atoms with Crippen molar-refractivity contribution in [2.45, 2.75) is 6.04 Å². The van der Waals surface area contributed by atoms with E-state index >= 15 is 0 Å². The number of hydrogen-bond acceptors (Lipinski definition) is 4. The molecule has 0 heterocycles. The van der Waals surface area contributed by atoms with Gasteiger partial charge in [0.1, 0.15) is 11.9 Å². The van der Waals surface area contributed by atoms with Crippen molar-refractivity contribution >= 4 is 5.97 Å². The Morgan fingerprint density at radius 3 is 2.69 bits per heavy atom. The van der Waals surface area contributed by atoms with Crippen molar-refractivity contribution in [1.29, 1.82) is 5.26 Å². The lowest BCUT2D eigenvalue weighted by molar-refractivity contribution is -0.139. The lowest BCUT2D eigenvalue weighted by atomic mass is 10.1. The molecule has 1 aromatic carbocycles. The minimum atomic E-state index is -0.653. The predicted molar refractivity (Wildman–Crippen MR) is 54.8 cm³/mol. The largest absolute Gasteiger partial charge is 0.468 e. The first-order chi connectivity index (χ1) is 7.67. The van der Waals surface area contributed by atoms with Crippen LogP contribution in [0.1, 0.15) is 11.6 Å². The molecule has 1 atom stereocenters. The lowest BCUT2D eigenvalue weighted by Gasteiger charge is -2.10. The first-order valence-corrected chi connectivity index (χ1v) is 4.62. The SMILES string of the molecule is COC(=O)CNC(C#N)c1ccc(F)cc1. The summed E-state index contributed by atoms with van der Waals surface area (Å²) in [5.74, 6) is -0.823. The van der Waals surface area contributed by atoms with E-state index in [0.717, 1.165) is 0 Å². The lowest BCUT2D eigenvalue weighted by Crippen LogP contribution is -2.27. The first-order valence-electron chi connectivity index (χ1n) is 4.62. The molecule has 0 aliphatic heterocycles. The summed E-state index contributed by atoms with van der Waals surface area (Å²) in [6, 6.07) is 6.84. The van der Waals surface area contributed by atoms with E-state index in [-0.39, 0.29) is 12.4 Å². The molecule has 0 radical (unpaired) electrons. The van der Waals surface area contributed by atoms with Crippen LogP contribution >= 0.6 is 0 Å². The van der Waals surface area contributed by atoms with Crippen LogP contribution in [0, 0.1) is 17.1 Å². The zero-order valence-corrected chi connectivity index (χ0v) is 8.74. The maximum absolute atomic E-state index is 12.6. The fraction of sp³-hybridized carbons (Fsp3) is 0.273. The van der Waals surface area contributed by atoms with Gasteiger partial charge in [-0.2, -0.15) is 5.26 Å². The van der Waals surface area contributed by atoms with E-state index in [9.17, 15) is 9.18 Å². The van der Waals surface area contributed by atoms with E-state index in [4.69, 9.17) is 5.26 Å². The van der Waals surface area contributed by atoms with Crippen LogP contribution in [0.5, 0.6) is 0 Å². The van der Waals surface area contributed by atoms with Gasteiger partial charge in [0.15, 0.2) is 0 Å². The van der Waals surface area contributed by atoms with Crippen molar-refractivity contribution in [1.82, 2.24) is 5.32 Å². The monoisotopic (exact) mass is 222 g/mol.